The van der Waals surface area contributed by atoms with E-state index in [1.807, 2.05) is 0 Å². The predicted octanol–water partition coefficient (Wildman–Crippen LogP) is 2.39. The summed E-state index contributed by atoms with van der Waals surface area (Å²) in [4.78, 5) is 22.1. The van der Waals surface area contributed by atoms with Crippen molar-refractivity contribution in [2.24, 2.45) is 0 Å². The molecule has 0 radical (unpaired) electrons. The average molecular weight is 292 g/mol. The monoisotopic (exact) mass is 290 g/mol. The fourth-order valence-corrected chi connectivity index (χ4v) is 1.56. The van der Waals surface area contributed by atoms with E-state index in [1.54, 1.807) is 18.2 Å². The van der Waals surface area contributed by atoms with E-state index in [1.165, 1.54) is 7.11 Å². The second-order valence-electron chi connectivity index (χ2n) is 2.84. The highest BCUT2D eigenvalue weighted by Gasteiger charge is 2.14. The van der Waals surface area contributed by atoms with Gasteiger partial charge in [0.15, 0.2) is 0 Å². The van der Waals surface area contributed by atoms with Crippen LogP contribution < -0.4 is 0 Å². The van der Waals surface area contributed by atoms with Gasteiger partial charge in [-0.2, -0.15) is 0 Å². The molecule has 0 spiro atoms. The second-order valence-corrected chi connectivity index (χ2v) is 4.10. The number of esters is 1. The Labute approximate surface area is 100 Å². The molecule has 0 aliphatic carbocycles. The van der Waals surface area contributed by atoms with Crippen LogP contribution in [0.1, 0.15) is 5.56 Å². The van der Waals surface area contributed by atoms with Gasteiger partial charge in [0, 0.05) is 10.9 Å². The zero-order valence-electron chi connectivity index (χ0n) is 7.92. The summed E-state index contributed by atoms with van der Waals surface area (Å²) >= 11 is 9.01. The molecular formula is C10H8BrClO3. The number of methoxy groups -OCH3 is 1. The molecule has 0 aliphatic heterocycles. The summed E-state index contributed by atoms with van der Waals surface area (Å²) in [5, 5.41) is 0.560. The first-order valence-electron chi connectivity index (χ1n) is 4.09. The molecule has 1 aromatic rings. The number of ether oxygens (including phenoxy) is 1. The SMILES string of the molecule is COC(=O)C(=O)Cc1ccc(Cl)c(Br)c1. The van der Waals surface area contributed by atoms with Gasteiger partial charge in [0.25, 0.3) is 0 Å². The molecule has 1 aromatic carbocycles. The van der Waals surface area contributed by atoms with Crippen molar-refractivity contribution in [3.8, 4) is 0 Å². The highest BCUT2D eigenvalue weighted by Crippen LogP contribution is 2.23. The van der Waals surface area contributed by atoms with Gasteiger partial charge in [-0.25, -0.2) is 4.79 Å². The maximum Gasteiger partial charge on any atom is 0.374 e. The Balaban J connectivity index is 2.77. The Bertz CT molecular complexity index is 404. The van der Waals surface area contributed by atoms with Gasteiger partial charge >= 0.3 is 5.97 Å². The third-order valence-electron chi connectivity index (χ3n) is 1.76. The minimum atomic E-state index is -0.832. The number of ketones is 1. The van der Waals surface area contributed by atoms with Crippen molar-refractivity contribution in [2.45, 2.75) is 6.42 Å². The Morgan fingerprint density at radius 3 is 2.67 bits per heavy atom. The molecule has 0 heterocycles. The highest BCUT2D eigenvalue weighted by molar-refractivity contribution is 9.10. The zero-order valence-corrected chi connectivity index (χ0v) is 10.3. The number of halogens is 2. The lowest BCUT2D eigenvalue weighted by Crippen LogP contribution is -2.17. The van der Waals surface area contributed by atoms with Gasteiger partial charge in [0.1, 0.15) is 0 Å². The van der Waals surface area contributed by atoms with Gasteiger partial charge in [-0.15, -0.1) is 0 Å². The summed E-state index contributed by atoms with van der Waals surface area (Å²) in [5.74, 6) is -1.41. The van der Waals surface area contributed by atoms with Crippen LogP contribution in [0.3, 0.4) is 0 Å². The minimum Gasteiger partial charge on any atom is -0.463 e. The fourth-order valence-electron chi connectivity index (χ4n) is 1.02. The topological polar surface area (TPSA) is 43.4 Å². The van der Waals surface area contributed by atoms with E-state index >= 15 is 0 Å². The van der Waals surface area contributed by atoms with Gasteiger partial charge < -0.3 is 4.74 Å². The van der Waals surface area contributed by atoms with E-state index in [0.717, 1.165) is 0 Å². The Morgan fingerprint density at radius 2 is 2.13 bits per heavy atom. The van der Waals surface area contributed by atoms with Crippen molar-refractivity contribution < 1.29 is 14.3 Å². The van der Waals surface area contributed by atoms with Crippen molar-refractivity contribution >= 4 is 39.3 Å². The summed E-state index contributed by atoms with van der Waals surface area (Å²) in [6, 6.07) is 5.04. The number of rotatable bonds is 3. The molecule has 0 amide bonds. The molecule has 0 saturated heterocycles. The summed E-state index contributed by atoms with van der Waals surface area (Å²) in [6.45, 7) is 0. The molecule has 5 heteroatoms. The van der Waals surface area contributed by atoms with Crippen molar-refractivity contribution in [3.63, 3.8) is 0 Å². The number of Topliss-reactive ketones (excluding diaryl/α,β-unsaturated/α-hetero) is 1. The Hall–Kier alpha value is -0.870. The van der Waals surface area contributed by atoms with Gasteiger partial charge in [-0.05, 0) is 33.6 Å². The van der Waals surface area contributed by atoms with Crippen LogP contribution in [0.2, 0.25) is 5.02 Å². The van der Waals surface area contributed by atoms with Gasteiger partial charge in [-0.1, -0.05) is 17.7 Å². The van der Waals surface area contributed by atoms with Crippen molar-refractivity contribution in [1.82, 2.24) is 0 Å². The van der Waals surface area contributed by atoms with E-state index in [2.05, 4.69) is 20.7 Å². The van der Waals surface area contributed by atoms with E-state index < -0.39 is 11.8 Å². The maximum absolute atomic E-state index is 11.2. The summed E-state index contributed by atoms with van der Waals surface area (Å²) in [7, 11) is 1.18. The van der Waals surface area contributed by atoms with Crippen LogP contribution in [0.4, 0.5) is 0 Å². The van der Waals surface area contributed by atoms with Crippen LogP contribution in [0, 0.1) is 0 Å². The lowest BCUT2D eigenvalue weighted by atomic mass is 10.1. The van der Waals surface area contributed by atoms with Crippen LogP contribution in [0.5, 0.6) is 0 Å². The molecule has 0 fully saturated rings. The van der Waals surface area contributed by atoms with Crippen molar-refractivity contribution in [3.05, 3.63) is 33.3 Å². The van der Waals surface area contributed by atoms with E-state index in [-0.39, 0.29) is 6.42 Å². The third-order valence-corrected chi connectivity index (χ3v) is 2.98. The molecule has 0 bridgehead atoms. The van der Waals surface area contributed by atoms with Crippen LogP contribution >= 0.6 is 27.5 Å². The number of hydrogen-bond acceptors (Lipinski definition) is 3. The average Bonchev–Trinajstić information content (AvgIpc) is 2.22. The first kappa shape index (κ1) is 12.2. The van der Waals surface area contributed by atoms with E-state index in [4.69, 9.17) is 11.6 Å². The predicted molar refractivity (Wildman–Crippen MR) is 59.9 cm³/mol. The summed E-state index contributed by atoms with van der Waals surface area (Å²) in [6.07, 6.45) is 0.0163. The summed E-state index contributed by atoms with van der Waals surface area (Å²) < 4.78 is 5.01. The van der Waals surface area contributed by atoms with Crippen LogP contribution in [-0.2, 0) is 20.7 Å². The Morgan fingerprint density at radius 1 is 1.47 bits per heavy atom. The van der Waals surface area contributed by atoms with E-state index in [9.17, 15) is 9.59 Å². The number of carbonyl (C=O) groups is 2. The van der Waals surface area contributed by atoms with Crippen LogP contribution in [0.15, 0.2) is 22.7 Å². The quantitative estimate of drug-likeness (QED) is 0.634. The molecule has 0 unspecified atom stereocenters. The molecule has 0 saturated carbocycles. The van der Waals surface area contributed by atoms with Crippen molar-refractivity contribution in [2.75, 3.05) is 7.11 Å². The third kappa shape index (κ3) is 3.32. The molecule has 0 N–H and O–H groups in total. The van der Waals surface area contributed by atoms with Crippen LogP contribution in [-0.4, -0.2) is 18.9 Å². The number of hydrogen-bond donors (Lipinski definition) is 0. The van der Waals surface area contributed by atoms with E-state index in [0.29, 0.717) is 15.1 Å². The first-order chi connectivity index (χ1) is 7.04. The first-order valence-corrected chi connectivity index (χ1v) is 5.26. The van der Waals surface area contributed by atoms with Gasteiger partial charge in [0.05, 0.1) is 12.1 Å². The molecule has 15 heavy (non-hydrogen) atoms. The largest absolute Gasteiger partial charge is 0.463 e. The lowest BCUT2D eigenvalue weighted by Gasteiger charge is -2.01. The molecular weight excluding hydrogens is 283 g/mol. The highest BCUT2D eigenvalue weighted by atomic mass is 79.9. The molecule has 0 aromatic heterocycles. The number of carbonyl (C=O) groups excluding carboxylic acids is 2. The molecule has 3 nitrogen and oxygen atoms in total. The van der Waals surface area contributed by atoms with Gasteiger partial charge in [0.2, 0.25) is 5.78 Å². The van der Waals surface area contributed by atoms with Crippen LogP contribution in [0.25, 0.3) is 0 Å². The second kappa shape index (κ2) is 5.28. The smallest absolute Gasteiger partial charge is 0.374 e. The zero-order chi connectivity index (χ0) is 11.4. The van der Waals surface area contributed by atoms with Gasteiger partial charge in [-0.3, -0.25) is 4.79 Å². The summed E-state index contributed by atoms with van der Waals surface area (Å²) in [5.41, 5.74) is 0.710. The molecule has 80 valence electrons. The normalized spacial score (nSPS) is 9.80. The molecule has 0 atom stereocenters. The maximum atomic E-state index is 11.2. The number of benzene rings is 1. The molecule has 0 aliphatic rings. The lowest BCUT2D eigenvalue weighted by molar-refractivity contribution is -0.151. The fraction of sp³-hybridized carbons (Fsp3) is 0.200. The Kier molecular flexibility index (Phi) is 4.29. The minimum absolute atomic E-state index is 0.0163. The van der Waals surface area contributed by atoms with Crippen molar-refractivity contribution in [1.29, 1.82) is 0 Å². The molecule has 1 rings (SSSR count). The standard InChI is InChI=1S/C10H8BrClO3/c1-15-10(14)9(13)5-6-2-3-8(12)7(11)4-6/h2-4H,5H2,1H3.